The number of phenolic OH excluding ortho intramolecular Hbond substituents is 1. The Bertz CT molecular complexity index is 440. The van der Waals surface area contributed by atoms with E-state index in [2.05, 4.69) is 5.32 Å². The van der Waals surface area contributed by atoms with E-state index >= 15 is 0 Å². The maximum atomic E-state index is 10.3. The molecule has 1 saturated carbocycles. The normalized spacial score (nSPS) is 22.5. The molecule has 1 aromatic rings. The van der Waals surface area contributed by atoms with Gasteiger partial charge >= 0.3 is 0 Å². The Hall–Kier alpha value is -1.34. The van der Waals surface area contributed by atoms with E-state index in [1.807, 2.05) is 34.7 Å². The molecule has 6 heteroatoms. The van der Waals surface area contributed by atoms with Crippen LogP contribution in [-0.4, -0.2) is 54.5 Å². The molecule has 1 aliphatic carbocycles. The lowest BCUT2D eigenvalue weighted by atomic mass is 10.0. The number of aliphatic hydroxyl groups excluding tert-OH is 2. The molecule has 4 atom stereocenters. The molecule has 2 rings (SSSR count). The number of nitrogens with one attached hydrogen (secondary N) is 1. The Morgan fingerprint density at radius 2 is 1.73 bits per heavy atom. The maximum Gasteiger partial charge on any atom is 0.159 e. The van der Waals surface area contributed by atoms with Crippen molar-refractivity contribution in [2.45, 2.75) is 52.9 Å². The van der Waals surface area contributed by atoms with Crippen LogP contribution in [0.4, 0.5) is 0 Å². The van der Waals surface area contributed by atoms with E-state index in [9.17, 15) is 15.3 Å². The number of phenols is 1. The Labute approximate surface area is 158 Å². The molecule has 0 radical (unpaired) electrons. The maximum absolute atomic E-state index is 10.3. The Morgan fingerprint density at radius 1 is 1.12 bits per heavy atom. The molecule has 26 heavy (non-hydrogen) atoms. The second-order valence-corrected chi connectivity index (χ2v) is 5.66. The molecular formula is C20H37NO5. The first-order valence-corrected chi connectivity index (χ1v) is 9.66. The van der Waals surface area contributed by atoms with Crippen molar-refractivity contribution in [3.8, 4) is 11.5 Å². The molecule has 0 aromatic heterocycles. The number of hydrogen-bond acceptors (Lipinski definition) is 6. The van der Waals surface area contributed by atoms with Crippen LogP contribution in [-0.2, 0) is 4.74 Å². The van der Waals surface area contributed by atoms with Gasteiger partial charge < -0.3 is 30.1 Å². The first kappa shape index (κ1) is 24.7. The lowest BCUT2D eigenvalue weighted by Gasteiger charge is -2.24. The van der Waals surface area contributed by atoms with Crippen LogP contribution in [0.1, 0.15) is 40.5 Å². The molecule has 152 valence electrons. The highest BCUT2D eigenvalue weighted by Crippen LogP contribution is 2.34. The Balaban J connectivity index is 0.00000146. The fourth-order valence-electron chi connectivity index (χ4n) is 2.74. The summed E-state index contributed by atoms with van der Waals surface area (Å²) < 4.78 is 11.0. The third-order valence-electron chi connectivity index (χ3n) is 4.10. The molecule has 1 fully saturated rings. The first-order valence-electron chi connectivity index (χ1n) is 9.66. The van der Waals surface area contributed by atoms with Gasteiger partial charge in [-0.2, -0.15) is 0 Å². The summed E-state index contributed by atoms with van der Waals surface area (Å²) in [6, 6.07) is 6.48. The summed E-state index contributed by atoms with van der Waals surface area (Å²) in [7, 11) is 1.82. The quantitative estimate of drug-likeness (QED) is 0.415. The molecule has 0 heterocycles. The number of ether oxygens (including phenoxy) is 2. The summed E-state index contributed by atoms with van der Waals surface area (Å²) in [5.74, 6) is 0.543. The predicted octanol–water partition coefficient (Wildman–Crippen LogP) is 2.76. The van der Waals surface area contributed by atoms with Gasteiger partial charge in [0, 0.05) is 18.4 Å². The van der Waals surface area contributed by atoms with Crippen LogP contribution in [0.5, 0.6) is 11.5 Å². The summed E-state index contributed by atoms with van der Waals surface area (Å²) in [6.07, 6.45) is -0.0780. The molecule has 1 aliphatic rings. The summed E-state index contributed by atoms with van der Waals surface area (Å²) in [5, 5.41) is 32.5. The van der Waals surface area contributed by atoms with Crippen molar-refractivity contribution in [2.75, 3.05) is 26.8 Å². The predicted molar refractivity (Wildman–Crippen MR) is 104 cm³/mol. The van der Waals surface area contributed by atoms with Gasteiger partial charge in [0.05, 0.1) is 19.3 Å². The van der Waals surface area contributed by atoms with E-state index in [1.165, 1.54) is 0 Å². The minimum atomic E-state index is -0.943. The number of likely N-dealkylation sites (N-methyl/N-ethyl adjacent to an activating group) is 1. The van der Waals surface area contributed by atoms with Crippen LogP contribution in [0.3, 0.4) is 0 Å². The van der Waals surface area contributed by atoms with Gasteiger partial charge in [0.1, 0.15) is 11.5 Å². The first-order chi connectivity index (χ1) is 12.6. The van der Waals surface area contributed by atoms with Crippen LogP contribution in [0.25, 0.3) is 0 Å². The third kappa shape index (κ3) is 8.36. The highest BCUT2D eigenvalue weighted by molar-refractivity contribution is 5.30. The van der Waals surface area contributed by atoms with Gasteiger partial charge in [-0.15, -0.1) is 0 Å². The summed E-state index contributed by atoms with van der Waals surface area (Å²) in [6.45, 7) is 9.45. The summed E-state index contributed by atoms with van der Waals surface area (Å²) in [5.41, 5.74) is 0. The average molecular weight is 372 g/mol. The van der Waals surface area contributed by atoms with Crippen LogP contribution in [0.15, 0.2) is 24.3 Å². The minimum absolute atomic E-state index is 0.0265. The Kier molecular flexibility index (Phi) is 14.0. The average Bonchev–Trinajstić information content (AvgIpc) is 3.05. The lowest BCUT2D eigenvalue weighted by molar-refractivity contribution is -0.154. The molecule has 0 amide bonds. The number of aliphatic hydroxyl groups is 2. The molecule has 0 aliphatic heterocycles. The molecule has 4 N–H and O–H groups in total. The second kappa shape index (κ2) is 14.8. The van der Waals surface area contributed by atoms with Crippen molar-refractivity contribution in [1.29, 1.82) is 0 Å². The second-order valence-electron chi connectivity index (χ2n) is 5.66. The fraction of sp³-hybridized carbons (Fsp3) is 0.700. The van der Waals surface area contributed by atoms with Crippen molar-refractivity contribution in [1.82, 2.24) is 5.32 Å². The third-order valence-corrected chi connectivity index (χ3v) is 4.10. The van der Waals surface area contributed by atoms with Crippen molar-refractivity contribution >= 4 is 0 Å². The number of hydrogen-bond donors (Lipinski definition) is 4. The molecular weight excluding hydrogens is 334 g/mol. The number of rotatable bonds is 8. The zero-order valence-electron chi connectivity index (χ0n) is 16.8. The van der Waals surface area contributed by atoms with E-state index in [-0.39, 0.29) is 17.6 Å². The van der Waals surface area contributed by atoms with Gasteiger partial charge in [-0.05, 0) is 44.2 Å². The smallest absolute Gasteiger partial charge is 0.159 e. The van der Waals surface area contributed by atoms with Crippen molar-refractivity contribution in [3.05, 3.63) is 24.3 Å². The van der Waals surface area contributed by atoms with E-state index in [0.29, 0.717) is 31.9 Å². The van der Waals surface area contributed by atoms with Gasteiger partial charge in [-0.1, -0.05) is 27.7 Å². The lowest BCUT2D eigenvalue weighted by Crippen LogP contribution is -2.35. The van der Waals surface area contributed by atoms with E-state index in [4.69, 9.17) is 9.47 Å². The van der Waals surface area contributed by atoms with Crippen molar-refractivity contribution in [2.24, 2.45) is 11.8 Å². The highest BCUT2D eigenvalue weighted by atomic mass is 16.6. The van der Waals surface area contributed by atoms with Crippen LogP contribution >= 0.6 is 0 Å². The van der Waals surface area contributed by atoms with E-state index in [0.717, 1.165) is 6.42 Å². The van der Waals surface area contributed by atoms with Crippen LogP contribution in [0, 0.1) is 11.8 Å². The van der Waals surface area contributed by atoms with Gasteiger partial charge in [0.25, 0.3) is 0 Å². The Morgan fingerprint density at radius 3 is 2.31 bits per heavy atom. The monoisotopic (exact) mass is 371 g/mol. The van der Waals surface area contributed by atoms with Crippen LogP contribution in [0.2, 0.25) is 0 Å². The topological polar surface area (TPSA) is 91.2 Å². The molecule has 4 unspecified atom stereocenters. The number of benzene rings is 1. The summed E-state index contributed by atoms with van der Waals surface area (Å²) in [4.78, 5) is 0. The summed E-state index contributed by atoms with van der Waals surface area (Å²) >= 11 is 0. The minimum Gasteiger partial charge on any atom is -0.508 e. The zero-order valence-corrected chi connectivity index (χ0v) is 16.8. The molecule has 1 aromatic carbocycles. The fourth-order valence-corrected chi connectivity index (χ4v) is 2.74. The SMILES string of the molecule is CC.CC.CNCCOC(O)C1CCC(COc2ccc(O)cc2)C1O. The van der Waals surface area contributed by atoms with Gasteiger partial charge in [0.15, 0.2) is 6.29 Å². The largest absolute Gasteiger partial charge is 0.508 e. The molecule has 6 nitrogen and oxygen atoms in total. The number of aromatic hydroxyl groups is 1. The van der Waals surface area contributed by atoms with Crippen LogP contribution < -0.4 is 10.1 Å². The highest BCUT2D eigenvalue weighted by Gasteiger charge is 2.39. The van der Waals surface area contributed by atoms with Gasteiger partial charge in [-0.25, -0.2) is 0 Å². The molecule has 0 bridgehead atoms. The van der Waals surface area contributed by atoms with Crippen molar-refractivity contribution in [3.63, 3.8) is 0 Å². The molecule has 0 spiro atoms. The van der Waals surface area contributed by atoms with E-state index < -0.39 is 12.4 Å². The van der Waals surface area contributed by atoms with Crippen molar-refractivity contribution < 1.29 is 24.8 Å². The van der Waals surface area contributed by atoms with Gasteiger partial charge in [0.2, 0.25) is 0 Å². The standard InChI is InChI=1S/C16H25NO5.2C2H6/c1-17-8-9-21-16(20)14-7-2-11(15(14)19)10-22-13-5-3-12(18)4-6-13;2*1-2/h3-6,11,14-20H,2,7-10H2,1H3;2*1-2H3. The zero-order chi connectivity index (χ0) is 19.9. The van der Waals surface area contributed by atoms with E-state index in [1.54, 1.807) is 24.3 Å². The van der Waals surface area contributed by atoms with Gasteiger partial charge in [-0.3, -0.25) is 0 Å². The molecule has 0 saturated heterocycles.